The van der Waals surface area contributed by atoms with Crippen LogP contribution in [-0.2, 0) is 0 Å². The van der Waals surface area contributed by atoms with Crippen LogP contribution in [0.25, 0.3) is 0 Å². The van der Waals surface area contributed by atoms with Gasteiger partial charge < -0.3 is 15.4 Å². The summed E-state index contributed by atoms with van der Waals surface area (Å²) in [6.45, 7) is 0. The zero-order valence-corrected chi connectivity index (χ0v) is 19.7. The third-order valence-corrected chi connectivity index (χ3v) is 5.65. The average molecular weight is 490 g/mol. The second-order valence-corrected chi connectivity index (χ2v) is 8.14. The van der Waals surface area contributed by atoms with Gasteiger partial charge in [0.1, 0.15) is 17.8 Å². The fourth-order valence-corrected chi connectivity index (χ4v) is 3.90. The minimum absolute atomic E-state index is 0.0825. The van der Waals surface area contributed by atoms with Gasteiger partial charge in [-0.3, -0.25) is 10.1 Å². The molecule has 0 fully saturated rings. The lowest BCUT2D eigenvalue weighted by Crippen LogP contribution is -2.15. The molecule has 0 aliphatic carbocycles. The van der Waals surface area contributed by atoms with Crippen LogP contribution in [0.1, 0.15) is 17.2 Å². The van der Waals surface area contributed by atoms with Crippen LogP contribution < -0.4 is 15.4 Å². The first-order chi connectivity index (χ1) is 18.2. The Bertz CT molecular complexity index is 1430. The molecule has 8 heteroatoms. The monoisotopic (exact) mass is 489 g/mol. The molecule has 0 aliphatic heterocycles. The Morgan fingerprint density at radius 2 is 1.19 bits per heavy atom. The highest BCUT2D eigenvalue weighted by Gasteiger charge is 2.26. The van der Waals surface area contributed by atoms with Gasteiger partial charge >= 0.3 is 5.69 Å². The molecule has 0 atom stereocenters. The van der Waals surface area contributed by atoms with Gasteiger partial charge in [0.25, 0.3) is 0 Å². The van der Waals surface area contributed by atoms with E-state index in [9.17, 15) is 10.1 Å². The van der Waals surface area contributed by atoms with Crippen molar-refractivity contribution >= 4 is 23.0 Å². The van der Waals surface area contributed by atoms with E-state index in [-0.39, 0.29) is 23.4 Å². The molecule has 5 rings (SSSR count). The molecule has 0 amide bonds. The number of nitro groups is 1. The largest absolute Gasteiger partial charge is 0.457 e. The zero-order chi connectivity index (χ0) is 25.5. The highest BCUT2D eigenvalue weighted by atomic mass is 16.6. The maximum Gasteiger partial charge on any atom is 0.353 e. The van der Waals surface area contributed by atoms with Crippen molar-refractivity contribution in [1.82, 2.24) is 9.97 Å². The SMILES string of the molecule is O=[N+]([O-])c1c(Nc2ccc(Oc3ccccc3)cc2)ncnc1NC(c1ccccc1)c1ccccc1. The van der Waals surface area contributed by atoms with Gasteiger partial charge in [0.05, 0.1) is 11.0 Å². The standard InChI is InChI=1S/C29H23N5O3/c35-34(36)27-28(32-23-16-18-25(19-17-23)37-24-14-8-3-9-15-24)30-20-31-29(27)33-26(21-10-4-1-5-11-21)22-12-6-2-7-13-22/h1-20,26H,(H2,30,31,32,33). The Labute approximate surface area is 213 Å². The van der Waals surface area contributed by atoms with E-state index < -0.39 is 4.92 Å². The first-order valence-electron chi connectivity index (χ1n) is 11.6. The van der Waals surface area contributed by atoms with Crippen LogP contribution in [0.2, 0.25) is 0 Å². The summed E-state index contributed by atoms with van der Waals surface area (Å²) >= 11 is 0. The Morgan fingerprint density at radius 1 is 0.676 bits per heavy atom. The van der Waals surface area contributed by atoms with Gasteiger partial charge in [-0.1, -0.05) is 78.9 Å². The first kappa shape index (κ1) is 23.5. The van der Waals surface area contributed by atoms with Crippen molar-refractivity contribution in [2.75, 3.05) is 10.6 Å². The molecule has 2 N–H and O–H groups in total. The third kappa shape index (κ3) is 5.71. The summed E-state index contributed by atoms with van der Waals surface area (Å²) in [5.74, 6) is 1.56. The lowest BCUT2D eigenvalue weighted by molar-refractivity contribution is -0.383. The van der Waals surface area contributed by atoms with E-state index in [0.717, 1.165) is 16.9 Å². The highest BCUT2D eigenvalue weighted by Crippen LogP contribution is 2.35. The van der Waals surface area contributed by atoms with Crippen LogP contribution in [0.4, 0.5) is 23.0 Å². The normalized spacial score (nSPS) is 10.6. The van der Waals surface area contributed by atoms with Crippen molar-refractivity contribution in [2.24, 2.45) is 0 Å². The molecule has 8 nitrogen and oxygen atoms in total. The van der Waals surface area contributed by atoms with Crippen molar-refractivity contribution in [3.63, 3.8) is 0 Å². The fraction of sp³-hybridized carbons (Fsp3) is 0.0345. The predicted molar refractivity (Wildman–Crippen MR) is 143 cm³/mol. The van der Waals surface area contributed by atoms with Crippen molar-refractivity contribution in [3.8, 4) is 11.5 Å². The predicted octanol–water partition coefficient (Wildman–Crippen LogP) is 7.12. The van der Waals surface area contributed by atoms with E-state index in [1.54, 1.807) is 24.3 Å². The van der Waals surface area contributed by atoms with Crippen LogP contribution in [0.15, 0.2) is 122 Å². The molecule has 0 unspecified atom stereocenters. The van der Waals surface area contributed by atoms with Crippen LogP contribution in [0.3, 0.4) is 0 Å². The molecule has 0 spiro atoms. The van der Waals surface area contributed by atoms with E-state index >= 15 is 0 Å². The summed E-state index contributed by atoms with van der Waals surface area (Å²) in [5.41, 5.74) is 2.27. The van der Waals surface area contributed by atoms with Crippen LogP contribution in [0.5, 0.6) is 11.5 Å². The maximum atomic E-state index is 12.2. The first-order valence-corrected chi connectivity index (χ1v) is 11.6. The number of nitrogens with zero attached hydrogens (tertiary/aromatic N) is 3. The second-order valence-electron chi connectivity index (χ2n) is 8.14. The molecule has 0 bridgehead atoms. The molecule has 37 heavy (non-hydrogen) atoms. The number of hydrogen-bond acceptors (Lipinski definition) is 7. The molecule has 0 saturated heterocycles. The number of para-hydroxylation sites is 1. The molecule has 182 valence electrons. The minimum Gasteiger partial charge on any atom is -0.457 e. The van der Waals surface area contributed by atoms with Crippen LogP contribution >= 0.6 is 0 Å². The number of hydrogen-bond donors (Lipinski definition) is 2. The lowest BCUT2D eigenvalue weighted by atomic mass is 9.99. The Kier molecular flexibility index (Phi) is 6.99. The quantitative estimate of drug-likeness (QED) is 0.168. The fourth-order valence-electron chi connectivity index (χ4n) is 3.90. The lowest BCUT2D eigenvalue weighted by Gasteiger charge is -2.20. The Hall–Kier alpha value is -5.24. The molecule has 0 radical (unpaired) electrons. The number of benzene rings is 4. The van der Waals surface area contributed by atoms with Crippen molar-refractivity contribution in [2.45, 2.75) is 6.04 Å². The second kappa shape index (κ2) is 11.0. The molecule has 4 aromatic carbocycles. The number of nitrogens with one attached hydrogen (secondary N) is 2. The van der Waals surface area contributed by atoms with E-state index in [4.69, 9.17) is 4.74 Å². The average Bonchev–Trinajstić information content (AvgIpc) is 2.94. The molecule has 1 heterocycles. The molecule has 0 aliphatic rings. The Balaban J connectivity index is 1.42. The summed E-state index contributed by atoms with van der Waals surface area (Å²) in [6, 6.07) is 35.6. The molecule has 5 aromatic rings. The van der Waals surface area contributed by atoms with Gasteiger partial charge in [-0.15, -0.1) is 0 Å². The van der Waals surface area contributed by atoms with E-state index in [1.165, 1.54) is 6.33 Å². The van der Waals surface area contributed by atoms with Gasteiger partial charge in [-0.05, 0) is 47.5 Å². The Morgan fingerprint density at radius 3 is 1.76 bits per heavy atom. The van der Waals surface area contributed by atoms with Crippen molar-refractivity contribution < 1.29 is 9.66 Å². The molecular formula is C29H23N5O3. The third-order valence-electron chi connectivity index (χ3n) is 5.65. The van der Waals surface area contributed by atoms with Crippen molar-refractivity contribution in [3.05, 3.63) is 143 Å². The number of rotatable bonds is 9. The summed E-state index contributed by atoms with van der Waals surface area (Å²) in [4.78, 5) is 20.1. The highest BCUT2D eigenvalue weighted by molar-refractivity contribution is 5.74. The molecule has 1 aromatic heterocycles. The van der Waals surface area contributed by atoms with Gasteiger partial charge in [0.15, 0.2) is 0 Å². The van der Waals surface area contributed by atoms with Gasteiger partial charge in [-0.2, -0.15) is 0 Å². The van der Waals surface area contributed by atoms with Crippen molar-refractivity contribution in [1.29, 1.82) is 0 Å². The van der Waals surface area contributed by atoms with E-state index in [2.05, 4.69) is 20.6 Å². The van der Waals surface area contributed by atoms with E-state index in [0.29, 0.717) is 11.4 Å². The zero-order valence-electron chi connectivity index (χ0n) is 19.7. The topological polar surface area (TPSA) is 102 Å². The summed E-state index contributed by atoms with van der Waals surface area (Å²) < 4.78 is 5.82. The van der Waals surface area contributed by atoms with Gasteiger partial charge in [0, 0.05) is 5.69 Å². The number of anilines is 3. The summed E-state index contributed by atoms with van der Waals surface area (Å²) in [6.07, 6.45) is 1.30. The summed E-state index contributed by atoms with van der Waals surface area (Å²) in [5, 5.41) is 18.5. The van der Waals surface area contributed by atoms with Crippen LogP contribution in [0, 0.1) is 10.1 Å². The molecule has 0 saturated carbocycles. The van der Waals surface area contributed by atoms with E-state index in [1.807, 2.05) is 91.0 Å². The number of ether oxygens (including phenoxy) is 1. The maximum absolute atomic E-state index is 12.2. The number of aromatic nitrogens is 2. The van der Waals surface area contributed by atoms with Crippen LogP contribution in [-0.4, -0.2) is 14.9 Å². The summed E-state index contributed by atoms with van der Waals surface area (Å²) in [7, 11) is 0. The molecular weight excluding hydrogens is 466 g/mol. The van der Waals surface area contributed by atoms with Gasteiger partial charge in [-0.25, -0.2) is 9.97 Å². The smallest absolute Gasteiger partial charge is 0.353 e. The van der Waals surface area contributed by atoms with Gasteiger partial charge in [0.2, 0.25) is 11.6 Å². The minimum atomic E-state index is -0.482.